The maximum Gasteiger partial charge on any atom is 0.305 e. The van der Waals surface area contributed by atoms with Gasteiger partial charge in [-0.1, -0.05) is 267 Å². The molecular weight excluding hydrogens is 863 g/mol. The summed E-state index contributed by atoms with van der Waals surface area (Å²) >= 11 is 0. The third-order valence-electron chi connectivity index (χ3n) is 13.7. The normalized spacial score (nSPS) is 13.0. The summed E-state index contributed by atoms with van der Waals surface area (Å²) in [6.07, 6.45) is 77.1. The number of allylic oxidation sites excluding steroid dienone is 9. The van der Waals surface area contributed by atoms with Gasteiger partial charge in [0.2, 0.25) is 5.91 Å². The lowest BCUT2D eigenvalue weighted by Gasteiger charge is -2.20. The first-order valence-corrected chi connectivity index (χ1v) is 30.6. The van der Waals surface area contributed by atoms with Crippen LogP contribution in [0.25, 0.3) is 0 Å². The Balaban J connectivity index is 3.39. The van der Waals surface area contributed by atoms with Crippen molar-refractivity contribution in [2.45, 2.75) is 321 Å². The lowest BCUT2D eigenvalue weighted by atomic mass is 10.0. The van der Waals surface area contributed by atoms with Crippen LogP contribution in [0.4, 0.5) is 0 Å². The van der Waals surface area contributed by atoms with E-state index in [0.29, 0.717) is 19.4 Å². The van der Waals surface area contributed by atoms with Crippen molar-refractivity contribution < 1.29 is 24.5 Å². The van der Waals surface area contributed by atoms with Gasteiger partial charge in [-0.2, -0.15) is 0 Å². The van der Waals surface area contributed by atoms with Crippen LogP contribution in [-0.2, 0) is 14.3 Å². The molecule has 0 rings (SSSR count). The number of hydrogen-bond acceptors (Lipinski definition) is 5. The molecule has 0 bridgehead atoms. The Kier molecular flexibility index (Phi) is 57.1. The molecule has 3 N–H and O–H groups in total. The second kappa shape index (κ2) is 59.1. The van der Waals surface area contributed by atoms with Gasteiger partial charge in [-0.05, 0) is 89.9 Å². The first-order chi connectivity index (χ1) is 34.5. The first kappa shape index (κ1) is 67.6. The van der Waals surface area contributed by atoms with Gasteiger partial charge in [0.1, 0.15) is 0 Å². The fourth-order valence-corrected chi connectivity index (χ4v) is 9.05. The summed E-state index contributed by atoms with van der Waals surface area (Å²) in [4.78, 5) is 24.4. The van der Waals surface area contributed by atoms with Crippen LogP contribution in [0.2, 0.25) is 0 Å². The highest BCUT2D eigenvalue weighted by Crippen LogP contribution is 2.16. The van der Waals surface area contributed by atoms with Crippen LogP contribution in [0.3, 0.4) is 0 Å². The van der Waals surface area contributed by atoms with Crippen molar-refractivity contribution in [1.29, 1.82) is 0 Å². The maximum atomic E-state index is 12.4. The highest BCUT2D eigenvalue weighted by molar-refractivity contribution is 5.76. The monoisotopic (exact) mass is 980 g/mol. The molecule has 0 fully saturated rings. The second-order valence-corrected chi connectivity index (χ2v) is 20.7. The largest absolute Gasteiger partial charge is 0.466 e. The predicted molar refractivity (Wildman–Crippen MR) is 305 cm³/mol. The van der Waals surface area contributed by atoms with Gasteiger partial charge >= 0.3 is 5.97 Å². The molecule has 0 saturated carbocycles. The van der Waals surface area contributed by atoms with Gasteiger partial charge < -0.3 is 20.3 Å². The molecule has 0 aromatic carbocycles. The van der Waals surface area contributed by atoms with E-state index in [1.807, 2.05) is 6.08 Å². The summed E-state index contributed by atoms with van der Waals surface area (Å²) < 4.78 is 5.46. The Morgan fingerprint density at radius 1 is 0.400 bits per heavy atom. The number of aliphatic hydroxyl groups is 2. The molecule has 0 aliphatic heterocycles. The SMILES string of the molecule is CCC/C=C\C/C=C\CCCCCCCC(=O)OCCCCCCCCCCC/C=C\C/C=C\CCCCCCCCCCCCCCCCCC(=O)NC(CO)C(O)/C=C/CCCCCCCCC. The molecule has 0 radical (unpaired) electrons. The van der Waals surface area contributed by atoms with Gasteiger partial charge in [0.25, 0.3) is 0 Å². The second-order valence-electron chi connectivity index (χ2n) is 20.7. The van der Waals surface area contributed by atoms with E-state index in [2.05, 4.69) is 67.8 Å². The number of hydrogen-bond donors (Lipinski definition) is 3. The molecule has 0 aliphatic rings. The molecule has 0 aliphatic carbocycles. The number of esters is 1. The minimum absolute atomic E-state index is 0.00334. The van der Waals surface area contributed by atoms with Crippen LogP contribution in [-0.4, -0.2) is 47.4 Å². The summed E-state index contributed by atoms with van der Waals surface area (Å²) in [7, 11) is 0. The van der Waals surface area contributed by atoms with Gasteiger partial charge in [-0.3, -0.25) is 9.59 Å². The van der Waals surface area contributed by atoms with E-state index in [0.717, 1.165) is 57.8 Å². The number of nitrogens with one attached hydrogen (secondary N) is 1. The van der Waals surface area contributed by atoms with E-state index in [-0.39, 0.29) is 18.5 Å². The summed E-state index contributed by atoms with van der Waals surface area (Å²) in [6, 6.07) is -0.626. The molecule has 408 valence electrons. The van der Waals surface area contributed by atoms with Gasteiger partial charge in [0.15, 0.2) is 0 Å². The van der Waals surface area contributed by atoms with Gasteiger partial charge in [0, 0.05) is 12.8 Å². The van der Waals surface area contributed by atoms with Gasteiger partial charge in [-0.15, -0.1) is 0 Å². The number of unbranched alkanes of at least 4 members (excludes halogenated alkanes) is 37. The zero-order valence-corrected chi connectivity index (χ0v) is 46.5. The molecule has 6 nitrogen and oxygen atoms in total. The fourth-order valence-electron chi connectivity index (χ4n) is 9.05. The summed E-state index contributed by atoms with van der Waals surface area (Å²) in [5.41, 5.74) is 0. The molecule has 2 atom stereocenters. The average Bonchev–Trinajstić information content (AvgIpc) is 3.36. The lowest BCUT2D eigenvalue weighted by molar-refractivity contribution is -0.143. The van der Waals surface area contributed by atoms with Crippen molar-refractivity contribution in [2.24, 2.45) is 0 Å². The number of carbonyl (C=O) groups excluding carboxylic acids is 2. The van der Waals surface area contributed by atoms with E-state index in [9.17, 15) is 19.8 Å². The van der Waals surface area contributed by atoms with E-state index in [1.54, 1.807) is 6.08 Å². The minimum atomic E-state index is -0.842. The van der Waals surface area contributed by atoms with Crippen molar-refractivity contribution in [3.63, 3.8) is 0 Å². The van der Waals surface area contributed by atoms with Gasteiger partial charge in [0.05, 0.1) is 25.4 Å². The molecule has 0 saturated heterocycles. The average molecular weight is 981 g/mol. The third-order valence-corrected chi connectivity index (χ3v) is 13.7. The maximum absolute atomic E-state index is 12.4. The number of rotatable bonds is 56. The fraction of sp³-hybridized carbons (Fsp3) is 0.812. The highest BCUT2D eigenvalue weighted by atomic mass is 16.5. The number of ether oxygens (including phenoxy) is 1. The van der Waals surface area contributed by atoms with Crippen molar-refractivity contribution in [1.82, 2.24) is 5.32 Å². The van der Waals surface area contributed by atoms with Crippen LogP contribution in [0.15, 0.2) is 60.8 Å². The molecule has 0 spiro atoms. The molecule has 0 heterocycles. The smallest absolute Gasteiger partial charge is 0.305 e. The molecule has 0 aromatic heterocycles. The molecule has 2 unspecified atom stereocenters. The number of carbonyl (C=O) groups is 2. The molecule has 6 heteroatoms. The molecule has 1 amide bonds. The first-order valence-electron chi connectivity index (χ1n) is 30.6. The zero-order valence-electron chi connectivity index (χ0n) is 46.5. The van der Waals surface area contributed by atoms with E-state index < -0.39 is 12.1 Å². The summed E-state index contributed by atoms with van der Waals surface area (Å²) in [5, 5.41) is 22.9. The van der Waals surface area contributed by atoms with Crippen LogP contribution < -0.4 is 5.32 Å². The van der Waals surface area contributed by atoms with Crippen molar-refractivity contribution >= 4 is 11.9 Å². The van der Waals surface area contributed by atoms with Crippen LogP contribution >= 0.6 is 0 Å². The van der Waals surface area contributed by atoms with Crippen LogP contribution in [0.5, 0.6) is 0 Å². The van der Waals surface area contributed by atoms with Gasteiger partial charge in [-0.25, -0.2) is 0 Å². The Labute approximate surface area is 435 Å². The molecular formula is C64H117NO5. The number of aliphatic hydroxyl groups excluding tert-OH is 2. The third kappa shape index (κ3) is 54.9. The van der Waals surface area contributed by atoms with E-state index in [4.69, 9.17) is 4.74 Å². The quantitative estimate of drug-likeness (QED) is 0.0321. The summed E-state index contributed by atoms with van der Waals surface area (Å²) in [5.74, 6) is -0.0738. The van der Waals surface area contributed by atoms with Crippen LogP contribution in [0, 0.1) is 0 Å². The summed E-state index contributed by atoms with van der Waals surface area (Å²) in [6.45, 7) is 4.80. The lowest BCUT2D eigenvalue weighted by Crippen LogP contribution is -2.45. The van der Waals surface area contributed by atoms with Crippen molar-refractivity contribution in [2.75, 3.05) is 13.2 Å². The standard InChI is InChI=1S/C64H117NO5/c1-3-5-7-9-11-13-14-34-38-42-46-50-54-58-64(69)70-59-55-51-47-43-39-36-33-31-29-27-25-23-21-19-17-15-16-18-20-22-24-26-28-30-32-35-37-41-45-49-53-57-63(68)65-61(60-66)62(67)56-52-48-44-40-12-10-8-6-4-2/h7,9,13-14,17,19,23,25,52,56,61-62,66-67H,3-6,8,10-12,15-16,18,20-22,24,26-51,53-55,57-60H2,1-2H3,(H,65,68)/b9-7-,14-13-,19-17-,25-23-,56-52+. The predicted octanol–water partition coefficient (Wildman–Crippen LogP) is 19.1. The Morgan fingerprint density at radius 3 is 1.14 bits per heavy atom. The molecule has 0 aromatic rings. The minimum Gasteiger partial charge on any atom is -0.466 e. The highest BCUT2D eigenvalue weighted by Gasteiger charge is 2.18. The Bertz CT molecular complexity index is 1220. The van der Waals surface area contributed by atoms with Crippen molar-refractivity contribution in [3.05, 3.63) is 60.8 Å². The zero-order chi connectivity index (χ0) is 50.7. The number of amides is 1. The van der Waals surface area contributed by atoms with E-state index in [1.165, 1.54) is 225 Å². The molecule has 70 heavy (non-hydrogen) atoms. The Hall–Kier alpha value is -2.44. The van der Waals surface area contributed by atoms with E-state index >= 15 is 0 Å². The topological polar surface area (TPSA) is 95.9 Å². The Morgan fingerprint density at radius 2 is 0.743 bits per heavy atom. The van der Waals surface area contributed by atoms with Crippen molar-refractivity contribution in [3.8, 4) is 0 Å². The van der Waals surface area contributed by atoms with Crippen LogP contribution in [0.1, 0.15) is 309 Å².